The number of hydrogen-bond acceptors (Lipinski definition) is 7. The third-order valence-corrected chi connectivity index (χ3v) is 3.70. The fourth-order valence-electron chi connectivity index (χ4n) is 2.53. The van der Waals surface area contributed by atoms with Crippen molar-refractivity contribution >= 4 is 0 Å². The summed E-state index contributed by atoms with van der Waals surface area (Å²) < 4.78 is 7.26. The van der Waals surface area contributed by atoms with Crippen LogP contribution in [0.4, 0.5) is 0 Å². The molecule has 0 aromatic carbocycles. The van der Waals surface area contributed by atoms with Gasteiger partial charge in [-0.15, -0.1) is 5.10 Å². The first-order valence-corrected chi connectivity index (χ1v) is 7.18. The van der Waals surface area contributed by atoms with Gasteiger partial charge < -0.3 is 20.3 Å². The second-order valence-corrected chi connectivity index (χ2v) is 5.29. The van der Waals surface area contributed by atoms with Crippen molar-refractivity contribution < 1.29 is 14.9 Å². The van der Waals surface area contributed by atoms with Crippen molar-refractivity contribution in [1.29, 1.82) is 0 Å². The highest BCUT2D eigenvalue weighted by atomic mass is 16.5. The summed E-state index contributed by atoms with van der Waals surface area (Å²) >= 11 is 0. The Balaban J connectivity index is 1.60. The highest BCUT2D eigenvalue weighted by Crippen LogP contribution is 2.17. The SMILES string of the molecule is OCc1cn(C[C@H]2OC[C@H](O)[C@H]2NCc2ccncc2)nn1. The summed E-state index contributed by atoms with van der Waals surface area (Å²) in [6.07, 6.45) is 4.38. The molecule has 3 heterocycles. The topological polar surface area (TPSA) is 105 Å². The summed E-state index contributed by atoms with van der Waals surface area (Å²) in [5.41, 5.74) is 1.61. The molecule has 118 valence electrons. The zero-order chi connectivity index (χ0) is 15.4. The minimum atomic E-state index is -0.562. The van der Waals surface area contributed by atoms with Crippen molar-refractivity contribution in [3.8, 4) is 0 Å². The van der Waals surface area contributed by atoms with Crippen LogP contribution in [0.1, 0.15) is 11.3 Å². The van der Waals surface area contributed by atoms with Crippen LogP contribution in [0.5, 0.6) is 0 Å². The van der Waals surface area contributed by atoms with Gasteiger partial charge in [0.05, 0.1) is 44.2 Å². The first kappa shape index (κ1) is 15.0. The summed E-state index contributed by atoms with van der Waals surface area (Å²) in [7, 11) is 0. The number of rotatable bonds is 6. The first-order valence-electron chi connectivity index (χ1n) is 7.18. The minimum Gasteiger partial charge on any atom is -0.390 e. The molecule has 2 aromatic heterocycles. The third kappa shape index (κ3) is 3.47. The van der Waals surface area contributed by atoms with E-state index in [2.05, 4.69) is 20.6 Å². The van der Waals surface area contributed by atoms with E-state index in [9.17, 15) is 5.11 Å². The molecule has 1 aliphatic rings. The molecule has 0 spiro atoms. The zero-order valence-electron chi connectivity index (χ0n) is 12.0. The monoisotopic (exact) mass is 305 g/mol. The van der Waals surface area contributed by atoms with Gasteiger partial charge in [-0.05, 0) is 17.7 Å². The highest BCUT2D eigenvalue weighted by Gasteiger charge is 2.36. The van der Waals surface area contributed by atoms with Crippen molar-refractivity contribution in [2.45, 2.75) is 37.9 Å². The molecule has 8 heteroatoms. The van der Waals surface area contributed by atoms with Crippen LogP contribution < -0.4 is 5.32 Å². The van der Waals surface area contributed by atoms with Crippen molar-refractivity contribution in [2.24, 2.45) is 0 Å². The Kier molecular flexibility index (Phi) is 4.74. The molecule has 0 aliphatic carbocycles. The number of pyridine rings is 1. The number of ether oxygens (including phenoxy) is 1. The molecule has 0 saturated carbocycles. The smallest absolute Gasteiger partial charge is 0.108 e. The van der Waals surface area contributed by atoms with Crippen LogP contribution >= 0.6 is 0 Å². The number of hydrogen-bond donors (Lipinski definition) is 3. The molecule has 3 N–H and O–H groups in total. The maximum atomic E-state index is 10.1. The van der Waals surface area contributed by atoms with Gasteiger partial charge in [0.1, 0.15) is 5.69 Å². The van der Waals surface area contributed by atoms with Crippen molar-refractivity contribution in [3.05, 3.63) is 42.0 Å². The zero-order valence-corrected chi connectivity index (χ0v) is 12.0. The van der Waals surface area contributed by atoms with E-state index < -0.39 is 6.10 Å². The van der Waals surface area contributed by atoms with E-state index in [1.54, 1.807) is 23.3 Å². The average Bonchev–Trinajstić information content (AvgIpc) is 3.14. The molecule has 0 radical (unpaired) electrons. The Bertz CT molecular complexity index is 591. The van der Waals surface area contributed by atoms with E-state index >= 15 is 0 Å². The van der Waals surface area contributed by atoms with Crippen molar-refractivity contribution in [2.75, 3.05) is 6.61 Å². The van der Waals surface area contributed by atoms with Crippen LogP contribution in [0.25, 0.3) is 0 Å². The Morgan fingerprint density at radius 1 is 1.36 bits per heavy atom. The highest BCUT2D eigenvalue weighted by molar-refractivity contribution is 5.09. The van der Waals surface area contributed by atoms with Crippen molar-refractivity contribution in [1.82, 2.24) is 25.3 Å². The summed E-state index contributed by atoms with van der Waals surface area (Å²) in [6, 6.07) is 3.67. The molecular weight excluding hydrogens is 286 g/mol. The van der Waals surface area contributed by atoms with Gasteiger partial charge >= 0.3 is 0 Å². The maximum Gasteiger partial charge on any atom is 0.108 e. The largest absolute Gasteiger partial charge is 0.390 e. The lowest BCUT2D eigenvalue weighted by Gasteiger charge is -2.21. The van der Waals surface area contributed by atoms with Gasteiger partial charge in [0.2, 0.25) is 0 Å². The number of aliphatic hydroxyl groups excluding tert-OH is 2. The second-order valence-electron chi connectivity index (χ2n) is 5.29. The quantitative estimate of drug-likeness (QED) is 0.634. The molecule has 2 aromatic rings. The minimum absolute atomic E-state index is 0.141. The fourth-order valence-corrected chi connectivity index (χ4v) is 2.53. The van der Waals surface area contributed by atoms with Crippen LogP contribution in [-0.4, -0.2) is 55.0 Å². The van der Waals surface area contributed by atoms with Crippen LogP contribution in [0.3, 0.4) is 0 Å². The maximum absolute atomic E-state index is 10.1. The van der Waals surface area contributed by atoms with E-state index in [0.717, 1.165) is 5.56 Å². The lowest BCUT2D eigenvalue weighted by Crippen LogP contribution is -2.45. The van der Waals surface area contributed by atoms with Gasteiger partial charge in [-0.1, -0.05) is 5.21 Å². The summed E-state index contributed by atoms with van der Waals surface area (Å²) in [5.74, 6) is 0. The molecule has 3 atom stereocenters. The van der Waals surface area contributed by atoms with E-state index in [1.807, 2.05) is 12.1 Å². The molecule has 1 saturated heterocycles. The number of nitrogens with one attached hydrogen (secondary N) is 1. The van der Waals surface area contributed by atoms with Gasteiger partial charge in [-0.3, -0.25) is 4.98 Å². The average molecular weight is 305 g/mol. The molecule has 22 heavy (non-hydrogen) atoms. The van der Waals surface area contributed by atoms with E-state index in [4.69, 9.17) is 9.84 Å². The standard InChI is InChI=1S/C14H19N5O3/c20-8-11-6-19(18-17-11)7-13-14(12(21)9-22-13)16-5-10-1-3-15-4-2-10/h1-4,6,12-14,16,20-21H,5,7-9H2/t12-,13+,14+/m0/s1. The van der Waals surface area contributed by atoms with Gasteiger partial charge in [0, 0.05) is 18.9 Å². The predicted octanol–water partition coefficient (Wildman–Crippen LogP) is -0.916. The van der Waals surface area contributed by atoms with Gasteiger partial charge in [-0.25, -0.2) is 4.68 Å². The van der Waals surface area contributed by atoms with Crippen LogP contribution in [0.2, 0.25) is 0 Å². The van der Waals surface area contributed by atoms with Crippen molar-refractivity contribution in [3.63, 3.8) is 0 Å². The normalized spacial score (nSPS) is 24.7. The molecule has 0 bridgehead atoms. The molecule has 1 aliphatic heterocycles. The first-order chi connectivity index (χ1) is 10.8. The number of nitrogens with zero attached hydrogens (tertiary/aromatic N) is 4. The van der Waals surface area contributed by atoms with E-state index in [-0.39, 0.29) is 18.8 Å². The Hall–Kier alpha value is -1.87. The Morgan fingerprint density at radius 2 is 2.18 bits per heavy atom. The van der Waals surface area contributed by atoms with Crippen LogP contribution in [-0.2, 0) is 24.4 Å². The van der Waals surface area contributed by atoms with E-state index in [0.29, 0.717) is 25.4 Å². The molecule has 3 rings (SSSR count). The van der Waals surface area contributed by atoms with E-state index in [1.165, 1.54) is 0 Å². The lowest BCUT2D eigenvalue weighted by molar-refractivity contribution is 0.0741. The van der Waals surface area contributed by atoms with Crippen LogP contribution in [0.15, 0.2) is 30.7 Å². The van der Waals surface area contributed by atoms with Gasteiger partial charge in [0.25, 0.3) is 0 Å². The summed E-state index contributed by atoms with van der Waals surface area (Å²) in [5, 5.41) is 30.2. The molecular formula is C14H19N5O3. The Labute approximate surface area is 127 Å². The molecule has 8 nitrogen and oxygen atoms in total. The van der Waals surface area contributed by atoms with Crippen LogP contribution in [0, 0.1) is 0 Å². The van der Waals surface area contributed by atoms with Gasteiger partial charge in [0.15, 0.2) is 0 Å². The molecule has 0 unspecified atom stereocenters. The number of aromatic nitrogens is 4. The summed E-state index contributed by atoms with van der Waals surface area (Å²) in [6.45, 7) is 1.25. The number of aliphatic hydroxyl groups is 2. The second kappa shape index (κ2) is 6.93. The fraction of sp³-hybridized carbons (Fsp3) is 0.500. The Morgan fingerprint density at radius 3 is 2.91 bits per heavy atom. The predicted molar refractivity (Wildman–Crippen MR) is 76.6 cm³/mol. The molecule has 1 fully saturated rings. The summed E-state index contributed by atoms with van der Waals surface area (Å²) in [4.78, 5) is 3.98. The molecule has 0 amide bonds. The lowest BCUT2D eigenvalue weighted by atomic mass is 10.1. The van der Waals surface area contributed by atoms with Gasteiger partial charge in [-0.2, -0.15) is 0 Å². The third-order valence-electron chi connectivity index (χ3n) is 3.70.